The van der Waals surface area contributed by atoms with E-state index in [1.165, 1.54) is 0 Å². The van der Waals surface area contributed by atoms with E-state index in [1.807, 2.05) is 38.2 Å². The molecule has 1 atom stereocenters. The van der Waals surface area contributed by atoms with Crippen LogP contribution in [0.2, 0.25) is 0 Å². The zero-order chi connectivity index (χ0) is 12.7. The van der Waals surface area contributed by atoms with Crippen molar-refractivity contribution in [1.29, 1.82) is 0 Å². The second kappa shape index (κ2) is 8.91. The number of nitrogens with one attached hydrogen (secondary N) is 2. The molecule has 1 unspecified atom stereocenters. The van der Waals surface area contributed by atoms with E-state index in [4.69, 9.17) is 4.74 Å². The molecule has 0 saturated carbocycles. The van der Waals surface area contributed by atoms with E-state index in [0.717, 1.165) is 5.56 Å². The minimum Gasteiger partial charge on any atom is -0.380 e. The summed E-state index contributed by atoms with van der Waals surface area (Å²) in [6, 6.07) is 7.70. The topological polar surface area (TPSA) is 50.4 Å². The van der Waals surface area contributed by atoms with Crippen LogP contribution in [-0.4, -0.2) is 32.7 Å². The van der Waals surface area contributed by atoms with Crippen LogP contribution in [0.25, 0.3) is 0 Å². The average molecular weight is 273 g/mol. The van der Waals surface area contributed by atoms with Gasteiger partial charge in [-0.15, -0.1) is 12.4 Å². The van der Waals surface area contributed by atoms with Crippen molar-refractivity contribution in [1.82, 2.24) is 10.6 Å². The number of methoxy groups -OCH3 is 1. The summed E-state index contributed by atoms with van der Waals surface area (Å²) >= 11 is 0. The van der Waals surface area contributed by atoms with Crippen LogP contribution < -0.4 is 10.6 Å². The number of carbonyl (C=O) groups excluding carboxylic acids is 1. The third kappa shape index (κ3) is 5.49. The van der Waals surface area contributed by atoms with Gasteiger partial charge in [0.1, 0.15) is 0 Å². The van der Waals surface area contributed by atoms with Gasteiger partial charge in [0.25, 0.3) is 5.91 Å². The van der Waals surface area contributed by atoms with Crippen LogP contribution in [0.4, 0.5) is 0 Å². The number of ether oxygens (including phenoxy) is 1. The molecule has 0 aliphatic heterocycles. The van der Waals surface area contributed by atoms with Gasteiger partial charge in [0, 0.05) is 25.3 Å². The van der Waals surface area contributed by atoms with Gasteiger partial charge in [-0.25, -0.2) is 0 Å². The summed E-state index contributed by atoms with van der Waals surface area (Å²) in [6.07, 6.45) is 0. The smallest absolute Gasteiger partial charge is 0.251 e. The van der Waals surface area contributed by atoms with Gasteiger partial charge < -0.3 is 15.4 Å². The maximum Gasteiger partial charge on any atom is 0.251 e. The first-order valence-electron chi connectivity index (χ1n) is 5.70. The third-order valence-electron chi connectivity index (χ3n) is 2.59. The fraction of sp³-hybridized carbons (Fsp3) is 0.462. The van der Waals surface area contributed by atoms with Crippen molar-refractivity contribution in [3.05, 3.63) is 35.4 Å². The van der Waals surface area contributed by atoms with Gasteiger partial charge in [0.2, 0.25) is 0 Å². The molecule has 18 heavy (non-hydrogen) atoms. The molecule has 1 amide bonds. The van der Waals surface area contributed by atoms with Crippen LogP contribution in [0.15, 0.2) is 24.3 Å². The monoisotopic (exact) mass is 272 g/mol. The molecular formula is C13H21ClN2O2. The molecule has 0 aliphatic rings. The van der Waals surface area contributed by atoms with Crippen molar-refractivity contribution in [2.45, 2.75) is 19.6 Å². The molecule has 1 rings (SSSR count). The number of hydrogen-bond acceptors (Lipinski definition) is 3. The number of amides is 1. The van der Waals surface area contributed by atoms with Crippen LogP contribution >= 0.6 is 12.4 Å². The number of carbonyl (C=O) groups is 1. The lowest BCUT2D eigenvalue weighted by molar-refractivity contribution is 0.0950. The van der Waals surface area contributed by atoms with Crippen molar-refractivity contribution in [2.24, 2.45) is 0 Å². The molecule has 0 saturated heterocycles. The summed E-state index contributed by atoms with van der Waals surface area (Å²) in [7, 11) is 3.52. The maximum absolute atomic E-state index is 11.8. The maximum atomic E-state index is 11.8. The van der Waals surface area contributed by atoms with E-state index in [2.05, 4.69) is 10.6 Å². The molecule has 1 aromatic carbocycles. The third-order valence-corrected chi connectivity index (χ3v) is 2.59. The van der Waals surface area contributed by atoms with E-state index in [0.29, 0.717) is 18.7 Å². The number of likely N-dealkylation sites (N-methyl/N-ethyl adjacent to an activating group) is 1. The predicted octanol–water partition coefficient (Wildman–Crippen LogP) is 1.59. The zero-order valence-electron chi connectivity index (χ0n) is 11.0. The lowest BCUT2D eigenvalue weighted by atomic mass is 10.1. The highest BCUT2D eigenvalue weighted by atomic mass is 35.5. The summed E-state index contributed by atoms with van der Waals surface area (Å²) in [6.45, 7) is 3.20. The molecule has 1 aromatic rings. The normalized spacial score (nSPS) is 11.5. The highest BCUT2D eigenvalue weighted by Gasteiger charge is 2.06. The number of rotatable bonds is 6. The van der Waals surface area contributed by atoms with Crippen molar-refractivity contribution in [3.63, 3.8) is 0 Å². The van der Waals surface area contributed by atoms with Crippen LogP contribution in [0.1, 0.15) is 22.8 Å². The standard InChI is InChI=1S/C13H20N2O2.ClH/c1-10(14-2)8-15-13(16)12-6-4-11(5-7-12)9-17-3;/h4-7,10,14H,8-9H2,1-3H3,(H,15,16);1H. The molecule has 0 aromatic heterocycles. The lowest BCUT2D eigenvalue weighted by Gasteiger charge is -2.11. The summed E-state index contributed by atoms with van der Waals surface area (Å²) in [5.41, 5.74) is 1.74. The first kappa shape index (κ1) is 16.9. The van der Waals surface area contributed by atoms with Gasteiger partial charge in [0.05, 0.1) is 6.61 Å². The van der Waals surface area contributed by atoms with Gasteiger partial charge in [0.15, 0.2) is 0 Å². The Morgan fingerprint density at radius 3 is 2.44 bits per heavy atom. The van der Waals surface area contributed by atoms with Crippen molar-refractivity contribution < 1.29 is 9.53 Å². The van der Waals surface area contributed by atoms with Gasteiger partial charge in [-0.2, -0.15) is 0 Å². The predicted molar refractivity (Wildman–Crippen MR) is 75.3 cm³/mol. The number of hydrogen-bond donors (Lipinski definition) is 2. The molecular weight excluding hydrogens is 252 g/mol. The Kier molecular flexibility index (Phi) is 8.37. The summed E-state index contributed by atoms with van der Waals surface area (Å²) in [5, 5.41) is 5.93. The zero-order valence-corrected chi connectivity index (χ0v) is 11.8. The SMILES string of the molecule is CNC(C)CNC(=O)c1ccc(COC)cc1.Cl. The highest BCUT2D eigenvalue weighted by Crippen LogP contribution is 2.05. The quantitative estimate of drug-likeness (QED) is 0.827. The molecule has 0 radical (unpaired) electrons. The second-order valence-corrected chi connectivity index (χ2v) is 4.03. The molecule has 2 N–H and O–H groups in total. The van der Waals surface area contributed by atoms with Crippen LogP contribution in [-0.2, 0) is 11.3 Å². The van der Waals surface area contributed by atoms with Crippen LogP contribution in [0.3, 0.4) is 0 Å². The van der Waals surface area contributed by atoms with Crippen molar-refractivity contribution in [3.8, 4) is 0 Å². The molecule has 0 bridgehead atoms. The fourth-order valence-electron chi connectivity index (χ4n) is 1.37. The first-order chi connectivity index (χ1) is 8.17. The molecule has 102 valence electrons. The molecule has 0 heterocycles. The van der Waals surface area contributed by atoms with Crippen LogP contribution in [0, 0.1) is 0 Å². The fourth-order valence-corrected chi connectivity index (χ4v) is 1.37. The molecule has 0 aliphatic carbocycles. The molecule has 5 heteroatoms. The minimum atomic E-state index is -0.0453. The van der Waals surface area contributed by atoms with Crippen molar-refractivity contribution >= 4 is 18.3 Å². The summed E-state index contributed by atoms with van der Waals surface area (Å²) < 4.78 is 5.01. The first-order valence-corrected chi connectivity index (χ1v) is 5.70. The number of halogens is 1. The molecule has 4 nitrogen and oxygen atoms in total. The lowest BCUT2D eigenvalue weighted by Crippen LogP contribution is -2.37. The summed E-state index contributed by atoms with van der Waals surface area (Å²) in [5.74, 6) is -0.0453. The Morgan fingerprint density at radius 2 is 1.94 bits per heavy atom. The van der Waals surface area contributed by atoms with Crippen LogP contribution in [0.5, 0.6) is 0 Å². The van der Waals surface area contributed by atoms with Gasteiger partial charge in [-0.3, -0.25) is 4.79 Å². The Morgan fingerprint density at radius 1 is 1.33 bits per heavy atom. The molecule has 0 fully saturated rings. The Balaban J connectivity index is 0.00000289. The van der Waals surface area contributed by atoms with E-state index in [1.54, 1.807) is 7.11 Å². The van der Waals surface area contributed by atoms with E-state index in [-0.39, 0.29) is 24.4 Å². The summed E-state index contributed by atoms with van der Waals surface area (Å²) in [4.78, 5) is 11.8. The van der Waals surface area contributed by atoms with E-state index in [9.17, 15) is 4.79 Å². The Bertz CT molecular complexity index is 355. The Labute approximate surface area is 115 Å². The van der Waals surface area contributed by atoms with Crippen molar-refractivity contribution in [2.75, 3.05) is 20.7 Å². The second-order valence-electron chi connectivity index (χ2n) is 4.03. The average Bonchev–Trinajstić information content (AvgIpc) is 2.36. The molecule has 0 spiro atoms. The van der Waals surface area contributed by atoms with Gasteiger partial charge in [-0.05, 0) is 31.7 Å². The van der Waals surface area contributed by atoms with E-state index < -0.39 is 0 Å². The Hall–Kier alpha value is -1.10. The number of benzene rings is 1. The minimum absolute atomic E-state index is 0. The largest absolute Gasteiger partial charge is 0.380 e. The van der Waals surface area contributed by atoms with Gasteiger partial charge in [-0.1, -0.05) is 12.1 Å². The van der Waals surface area contributed by atoms with Gasteiger partial charge >= 0.3 is 0 Å². The van der Waals surface area contributed by atoms with E-state index >= 15 is 0 Å². The highest BCUT2D eigenvalue weighted by molar-refractivity contribution is 5.94.